The number of ether oxygens (including phenoxy) is 1. The van der Waals surface area contributed by atoms with Crippen molar-refractivity contribution in [2.75, 3.05) is 0 Å². The molecule has 0 unspecified atom stereocenters. The molecule has 0 bridgehead atoms. The van der Waals surface area contributed by atoms with Gasteiger partial charge >= 0.3 is 0 Å². The zero-order chi connectivity index (χ0) is 28.6. The number of benzene rings is 6. The average molecular weight is 581 g/mol. The van der Waals surface area contributed by atoms with Gasteiger partial charge in [-0.3, -0.25) is 0 Å². The molecule has 0 fully saturated rings. The van der Waals surface area contributed by atoms with Crippen LogP contribution in [0.2, 0.25) is 0 Å². The van der Waals surface area contributed by atoms with Crippen molar-refractivity contribution in [1.82, 2.24) is 0 Å². The maximum Gasteiger partial charge on any atom is 0.135 e. The van der Waals surface area contributed by atoms with Crippen LogP contribution in [-0.4, -0.2) is 0 Å². The maximum absolute atomic E-state index is 7.05. The fourth-order valence-electron chi connectivity index (χ4n) is 5.28. The number of para-hydroxylation sites is 1. The van der Waals surface area contributed by atoms with E-state index in [1.807, 2.05) is 0 Å². The van der Waals surface area contributed by atoms with E-state index in [2.05, 4.69) is 171 Å². The van der Waals surface area contributed by atoms with Gasteiger partial charge in [-0.15, -0.1) is 0 Å². The first kappa shape index (κ1) is 28.1. The Bertz CT molecular complexity index is 1630. The fraction of sp³-hybridized carbons (Fsp3) is 0.0769. The molecule has 3 heteroatoms. The van der Waals surface area contributed by atoms with Crippen LogP contribution in [-0.2, 0) is 6.42 Å². The van der Waals surface area contributed by atoms with Crippen molar-refractivity contribution in [3.05, 3.63) is 169 Å². The minimum absolute atomic E-state index is 0.807. The summed E-state index contributed by atoms with van der Waals surface area (Å²) in [5.74, 6) is 1.84. The van der Waals surface area contributed by atoms with Gasteiger partial charge in [0.05, 0.1) is 0 Å². The van der Waals surface area contributed by atoms with Crippen LogP contribution in [0.3, 0.4) is 0 Å². The summed E-state index contributed by atoms with van der Waals surface area (Å²) in [5, 5.41) is 7.74. The number of rotatable bonds is 10. The van der Waals surface area contributed by atoms with Crippen molar-refractivity contribution in [2.45, 2.75) is 19.8 Å². The van der Waals surface area contributed by atoms with E-state index < -0.39 is 15.8 Å². The van der Waals surface area contributed by atoms with Gasteiger partial charge in [0.1, 0.15) is 11.5 Å². The predicted molar refractivity (Wildman–Crippen MR) is 184 cm³/mol. The standard InChI is InChI=1S/C39H34OP2/c1-2-17-31-28-29-37(39(30-31)42(34-22-11-5-12-23-34)35-24-13-6-14-25-35)40-36-26-15-16-27-38(36)41(32-18-7-3-8-19-32)33-20-9-4-10-21-33/h3-16,18-30H,2,17H2,1H3. The van der Waals surface area contributed by atoms with Crippen molar-refractivity contribution in [1.29, 1.82) is 0 Å². The third kappa shape index (κ3) is 6.39. The molecule has 42 heavy (non-hydrogen) atoms. The molecule has 0 aliphatic rings. The Morgan fingerprint density at radius 2 is 0.833 bits per heavy atom. The lowest BCUT2D eigenvalue weighted by molar-refractivity contribution is 0.490. The maximum atomic E-state index is 7.05. The van der Waals surface area contributed by atoms with Crippen LogP contribution in [0.25, 0.3) is 0 Å². The summed E-state index contributed by atoms with van der Waals surface area (Å²) in [6.45, 7) is 2.24. The Labute approximate surface area is 252 Å². The lowest BCUT2D eigenvalue weighted by atomic mass is 10.1. The van der Waals surface area contributed by atoms with Crippen LogP contribution in [0, 0.1) is 0 Å². The summed E-state index contributed by atoms with van der Waals surface area (Å²) in [6, 6.07) is 58.9. The van der Waals surface area contributed by atoms with E-state index in [1.54, 1.807) is 0 Å². The molecule has 6 rings (SSSR count). The smallest absolute Gasteiger partial charge is 0.135 e. The van der Waals surface area contributed by atoms with Gasteiger partial charge in [0.25, 0.3) is 0 Å². The van der Waals surface area contributed by atoms with E-state index in [0.717, 1.165) is 24.3 Å². The Morgan fingerprint density at radius 1 is 0.429 bits per heavy atom. The van der Waals surface area contributed by atoms with E-state index in [0.29, 0.717) is 0 Å². The second kappa shape index (κ2) is 13.8. The Kier molecular flexibility index (Phi) is 9.21. The molecular formula is C39H34OP2. The molecule has 0 N–H and O–H groups in total. The number of hydrogen-bond acceptors (Lipinski definition) is 1. The molecule has 0 spiro atoms. The van der Waals surface area contributed by atoms with Gasteiger partial charge in [0.15, 0.2) is 0 Å². The minimum Gasteiger partial charge on any atom is -0.456 e. The normalized spacial score (nSPS) is 11.1. The highest BCUT2D eigenvalue weighted by Gasteiger charge is 2.24. The Morgan fingerprint density at radius 3 is 1.31 bits per heavy atom. The molecule has 0 atom stereocenters. The van der Waals surface area contributed by atoms with Gasteiger partial charge < -0.3 is 4.74 Å². The zero-order valence-electron chi connectivity index (χ0n) is 23.8. The van der Waals surface area contributed by atoms with Crippen LogP contribution in [0.1, 0.15) is 18.9 Å². The predicted octanol–water partition coefficient (Wildman–Crippen LogP) is 7.95. The van der Waals surface area contributed by atoms with Crippen molar-refractivity contribution in [3.63, 3.8) is 0 Å². The fourth-order valence-corrected chi connectivity index (χ4v) is 10.1. The summed E-state index contributed by atoms with van der Waals surface area (Å²) in [7, 11) is -1.63. The summed E-state index contributed by atoms with van der Waals surface area (Å²) in [5.41, 5.74) is 1.35. The SMILES string of the molecule is CCCc1ccc(Oc2ccccc2P(c2ccccc2)c2ccccc2)c(P(c2ccccc2)c2ccccc2)c1. The Hall–Kier alpha value is -4.02. The highest BCUT2D eigenvalue weighted by Crippen LogP contribution is 2.41. The largest absolute Gasteiger partial charge is 0.456 e. The summed E-state index contributed by atoms with van der Waals surface area (Å²) >= 11 is 0. The third-order valence-corrected chi connectivity index (χ3v) is 12.1. The van der Waals surface area contributed by atoms with E-state index in [9.17, 15) is 0 Å². The molecule has 6 aromatic carbocycles. The summed E-state index contributed by atoms with van der Waals surface area (Å²) in [6.07, 6.45) is 2.15. The third-order valence-electron chi connectivity index (χ3n) is 7.19. The monoisotopic (exact) mass is 580 g/mol. The van der Waals surface area contributed by atoms with E-state index >= 15 is 0 Å². The van der Waals surface area contributed by atoms with Crippen LogP contribution in [0.4, 0.5) is 0 Å². The van der Waals surface area contributed by atoms with Crippen molar-refractivity contribution >= 4 is 47.7 Å². The molecular weight excluding hydrogens is 546 g/mol. The number of hydrogen-bond donors (Lipinski definition) is 0. The van der Waals surface area contributed by atoms with Gasteiger partial charge in [-0.05, 0) is 67.2 Å². The molecule has 0 saturated heterocycles. The first-order valence-corrected chi connectivity index (χ1v) is 17.2. The first-order chi connectivity index (χ1) is 20.8. The highest BCUT2D eigenvalue weighted by atomic mass is 31.1. The molecule has 0 aromatic heterocycles. The van der Waals surface area contributed by atoms with Crippen LogP contribution >= 0.6 is 15.8 Å². The molecule has 0 radical (unpaired) electrons. The van der Waals surface area contributed by atoms with E-state index in [-0.39, 0.29) is 0 Å². The first-order valence-electron chi connectivity index (χ1n) is 14.5. The second-order valence-electron chi connectivity index (χ2n) is 10.1. The van der Waals surface area contributed by atoms with Gasteiger partial charge in [0, 0.05) is 10.6 Å². The Balaban J connectivity index is 1.50. The van der Waals surface area contributed by atoms with Crippen molar-refractivity contribution in [2.24, 2.45) is 0 Å². The van der Waals surface area contributed by atoms with E-state index in [1.165, 1.54) is 37.4 Å². The van der Waals surface area contributed by atoms with Crippen LogP contribution in [0.15, 0.2) is 164 Å². The molecule has 0 aliphatic carbocycles. The quantitative estimate of drug-likeness (QED) is 0.150. The topological polar surface area (TPSA) is 9.23 Å². The molecule has 0 saturated carbocycles. The molecule has 0 amide bonds. The minimum atomic E-state index is -0.822. The van der Waals surface area contributed by atoms with Crippen LogP contribution in [0.5, 0.6) is 11.5 Å². The molecule has 1 nitrogen and oxygen atoms in total. The lowest BCUT2D eigenvalue weighted by Crippen LogP contribution is -2.24. The summed E-state index contributed by atoms with van der Waals surface area (Å²) in [4.78, 5) is 0. The van der Waals surface area contributed by atoms with Crippen LogP contribution < -0.4 is 36.6 Å². The highest BCUT2D eigenvalue weighted by molar-refractivity contribution is 7.80. The van der Waals surface area contributed by atoms with Gasteiger partial charge in [0.2, 0.25) is 0 Å². The lowest BCUT2D eigenvalue weighted by Gasteiger charge is -2.25. The second-order valence-corrected chi connectivity index (χ2v) is 14.5. The molecule has 6 aromatic rings. The zero-order valence-corrected chi connectivity index (χ0v) is 25.6. The summed E-state index contributed by atoms with van der Waals surface area (Å²) < 4.78 is 7.05. The number of aryl methyl sites for hydroxylation is 1. The van der Waals surface area contributed by atoms with Gasteiger partial charge in [-0.1, -0.05) is 159 Å². The van der Waals surface area contributed by atoms with E-state index in [4.69, 9.17) is 4.74 Å². The van der Waals surface area contributed by atoms with Crippen molar-refractivity contribution < 1.29 is 4.74 Å². The van der Waals surface area contributed by atoms with Gasteiger partial charge in [-0.25, -0.2) is 0 Å². The van der Waals surface area contributed by atoms with Gasteiger partial charge in [-0.2, -0.15) is 0 Å². The molecule has 0 aliphatic heterocycles. The average Bonchev–Trinajstić information content (AvgIpc) is 3.05. The molecule has 206 valence electrons. The molecule has 0 heterocycles. The van der Waals surface area contributed by atoms with Crippen molar-refractivity contribution in [3.8, 4) is 11.5 Å².